The van der Waals surface area contributed by atoms with E-state index in [1.165, 1.54) is 4.90 Å². The van der Waals surface area contributed by atoms with Crippen molar-refractivity contribution in [2.24, 2.45) is 5.73 Å². The number of benzene rings is 1. The first-order valence-electron chi connectivity index (χ1n) is 9.31. The van der Waals surface area contributed by atoms with Crippen molar-refractivity contribution in [2.45, 2.75) is 26.2 Å². The summed E-state index contributed by atoms with van der Waals surface area (Å²) in [4.78, 5) is 14.0. The monoisotopic (exact) mass is 422 g/mol. The number of hydrogen-bond donors (Lipinski definition) is 2. The van der Waals surface area contributed by atoms with Crippen LogP contribution in [0.25, 0.3) is 0 Å². The Kier molecular flexibility index (Phi) is 6.74. The summed E-state index contributed by atoms with van der Waals surface area (Å²) in [5.74, 6) is 0.244. The first-order chi connectivity index (χ1) is 13.3. The SMILES string of the molecule is CN(CCOc1ccccc1C(C)(C)C)C(=O)C(=N)C1=C(N)CN(S(C)(=O)=O)C1. The topological polar surface area (TPSA) is 117 Å². The molecule has 1 aromatic carbocycles. The number of ether oxygens (including phenoxy) is 1. The second-order valence-corrected chi connectivity index (χ2v) is 10.2. The molecule has 0 saturated heterocycles. The van der Waals surface area contributed by atoms with Crippen LogP contribution in [0.3, 0.4) is 0 Å². The number of nitrogens with two attached hydrogens (primary N) is 1. The van der Waals surface area contributed by atoms with Crippen LogP contribution in [0, 0.1) is 5.41 Å². The van der Waals surface area contributed by atoms with E-state index in [9.17, 15) is 13.2 Å². The zero-order valence-electron chi connectivity index (χ0n) is 17.7. The van der Waals surface area contributed by atoms with Crippen LogP contribution < -0.4 is 10.5 Å². The van der Waals surface area contributed by atoms with E-state index >= 15 is 0 Å². The van der Waals surface area contributed by atoms with Gasteiger partial charge in [-0.3, -0.25) is 10.2 Å². The van der Waals surface area contributed by atoms with Gasteiger partial charge in [-0.05, 0) is 17.0 Å². The van der Waals surface area contributed by atoms with Gasteiger partial charge in [0.05, 0.1) is 19.3 Å². The molecule has 9 heteroatoms. The smallest absolute Gasteiger partial charge is 0.271 e. The fourth-order valence-electron chi connectivity index (χ4n) is 3.02. The lowest BCUT2D eigenvalue weighted by atomic mass is 9.86. The molecule has 1 heterocycles. The van der Waals surface area contributed by atoms with Crippen molar-refractivity contribution in [2.75, 3.05) is 39.5 Å². The van der Waals surface area contributed by atoms with E-state index in [0.29, 0.717) is 0 Å². The van der Waals surface area contributed by atoms with E-state index in [-0.39, 0.29) is 48.6 Å². The molecule has 2 rings (SSSR count). The Balaban J connectivity index is 1.97. The largest absolute Gasteiger partial charge is 0.491 e. The molecule has 1 aliphatic heterocycles. The average Bonchev–Trinajstić information content (AvgIpc) is 3.02. The molecular formula is C20H30N4O4S. The highest BCUT2D eigenvalue weighted by atomic mass is 32.2. The van der Waals surface area contributed by atoms with Gasteiger partial charge in [-0.2, -0.15) is 4.31 Å². The number of para-hydroxylation sites is 1. The minimum absolute atomic E-state index is 0.000237. The Hall–Kier alpha value is -2.39. The fraction of sp³-hybridized carbons (Fsp3) is 0.500. The summed E-state index contributed by atoms with van der Waals surface area (Å²) in [6.45, 7) is 6.80. The normalized spacial score (nSPS) is 15.5. The second-order valence-electron chi connectivity index (χ2n) is 8.23. The van der Waals surface area contributed by atoms with Crippen molar-refractivity contribution >= 4 is 21.6 Å². The van der Waals surface area contributed by atoms with Gasteiger partial charge < -0.3 is 15.4 Å². The number of sulfonamides is 1. The highest BCUT2D eigenvalue weighted by Crippen LogP contribution is 2.30. The Bertz CT molecular complexity index is 932. The number of nitrogens with one attached hydrogen (secondary N) is 1. The maximum atomic E-state index is 12.6. The molecule has 0 spiro atoms. The van der Waals surface area contributed by atoms with Crippen LogP contribution in [0.5, 0.6) is 5.75 Å². The highest BCUT2D eigenvalue weighted by molar-refractivity contribution is 7.88. The van der Waals surface area contributed by atoms with Crippen LogP contribution in [0.15, 0.2) is 35.5 Å². The number of rotatable bonds is 7. The Morgan fingerprint density at radius 2 is 1.90 bits per heavy atom. The van der Waals surface area contributed by atoms with Crippen molar-refractivity contribution in [3.63, 3.8) is 0 Å². The van der Waals surface area contributed by atoms with E-state index < -0.39 is 15.9 Å². The van der Waals surface area contributed by atoms with Gasteiger partial charge in [-0.15, -0.1) is 0 Å². The highest BCUT2D eigenvalue weighted by Gasteiger charge is 2.32. The Labute approximate surface area is 172 Å². The molecule has 0 atom stereocenters. The van der Waals surface area contributed by atoms with E-state index in [1.54, 1.807) is 7.05 Å². The fourth-order valence-corrected chi connectivity index (χ4v) is 3.76. The van der Waals surface area contributed by atoms with Crippen LogP contribution in [-0.4, -0.2) is 68.8 Å². The van der Waals surface area contributed by atoms with Gasteiger partial charge in [0.25, 0.3) is 5.91 Å². The summed E-state index contributed by atoms with van der Waals surface area (Å²) < 4.78 is 30.4. The molecule has 0 saturated carbocycles. The summed E-state index contributed by atoms with van der Waals surface area (Å²) in [7, 11) is -1.86. The van der Waals surface area contributed by atoms with Crippen molar-refractivity contribution in [3.05, 3.63) is 41.1 Å². The van der Waals surface area contributed by atoms with Crippen molar-refractivity contribution < 1.29 is 17.9 Å². The molecule has 0 bridgehead atoms. The molecule has 0 aliphatic carbocycles. The zero-order valence-corrected chi connectivity index (χ0v) is 18.5. The quantitative estimate of drug-likeness (QED) is 0.643. The van der Waals surface area contributed by atoms with Crippen LogP contribution in [0.2, 0.25) is 0 Å². The lowest BCUT2D eigenvalue weighted by molar-refractivity contribution is -0.123. The van der Waals surface area contributed by atoms with Gasteiger partial charge >= 0.3 is 0 Å². The van der Waals surface area contributed by atoms with Crippen molar-refractivity contribution in [3.8, 4) is 5.75 Å². The van der Waals surface area contributed by atoms with Gasteiger partial charge in [0.2, 0.25) is 10.0 Å². The first kappa shape index (κ1) is 22.9. The zero-order chi connectivity index (χ0) is 22.0. The molecule has 0 aromatic heterocycles. The van der Waals surface area contributed by atoms with Gasteiger partial charge in [-0.25, -0.2) is 8.42 Å². The van der Waals surface area contributed by atoms with E-state index in [0.717, 1.165) is 21.9 Å². The minimum atomic E-state index is -3.44. The number of carbonyl (C=O) groups is 1. The summed E-state index contributed by atoms with van der Waals surface area (Å²) in [5, 5.41) is 8.17. The summed E-state index contributed by atoms with van der Waals surface area (Å²) in [5.41, 5.74) is 7.08. The van der Waals surface area contributed by atoms with Crippen LogP contribution in [0.4, 0.5) is 0 Å². The number of carbonyl (C=O) groups excluding carboxylic acids is 1. The van der Waals surface area contributed by atoms with Crippen LogP contribution in [-0.2, 0) is 20.2 Å². The maximum Gasteiger partial charge on any atom is 0.271 e. The summed E-state index contributed by atoms with van der Waals surface area (Å²) >= 11 is 0. The van der Waals surface area contributed by atoms with Crippen molar-refractivity contribution in [1.82, 2.24) is 9.21 Å². The molecule has 0 radical (unpaired) electrons. The molecule has 1 aromatic rings. The minimum Gasteiger partial charge on any atom is -0.491 e. The lowest BCUT2D eigenvalue weighted by Gasteiger charge is -2.24. The third-order valence-electron chi connectivity index (χ3n) is 4.78. The molecule has 29 heavy (non-hydrogen) atoms. The third kappa shape index (κ3) is 5.57. The third-order valence-corrected chi connectivity index (χ3v) is 5.98. The standard InChI is InChI=1S/C20H30N4O4S/c1-20(2,3)15-8-6-7-9-17(15)28-11-10-23(4)19(25)18(22)14-12-24(13-16(14)21)29(5,26)27/h6-9,22H,10-13,21H2,1-5H3. The summed E-state index contributed by atoms with van der Waals surface area (Å²) in [6, 6.07) is 7.78. The summed E-state index contributed by atoms with van der Waals surface area (Å²) in [6.07, 6.45) is 1.08. The predicted octanol–water partition coefficient (Wildman–Crippen LogP) is 1.33. The number of amides is 1. The second kappa shape index (κ2) is 8.54. The van der Waals surface area contributed by atoms with Gasteiger partial charge in [-0.1, -0.05) is 39.0 Å². The Morgan fingerprint density at radius 3 is 2.45 bits per heavy atom. The van der Waals surface area contributed by atoms with E-state index in [4.69, 9.17) is 15.9 Å². The van der Waals surface area contributed by atoms with E-state index in [2.05, 4.69) is 20.8 Å². The molecule has 1 aliphatic rings. The lowest BCUT2D eigenvalue weighted by Crippen LogP contribution is -2.38. The molecule has 160 valence electrons. The molecule has 0 unspecified atom stereocenters. The Morgan fingerprint density at radius 1 is 1.28 bits per heavy atom. The first-order valence-corrected chi connectivity index (χ1v) is 11.2. The molecule has 3 N–H and O–H groups in total. The number of nitrogens with zero attached hydrogens (tertiary/aromatic N) is 2. The van der Waals surface area contributed by atoms with Crippen LogP contribution in [0.1, 0.15) is 26.3 Å². The van der Waals surface area contributed by atoms with Gasteiger partial charge in [0.15, 0.2) is 0 Å². The molecule has 1 amide bonds. The van der Waals surface area contributed by atoms with Gasteiger partial charge in [0.1, 0.15) is 18.1 Å². The molecular weight excluding hydrogens is 392 g/mol. The maximum absolute atomic E-state index is 12.6. The van der Waals surface area contributed by atoms with Crippen LogP contribution >= 0.6 is 0 Å². The van der Waals surface area contributed by atoms with Gasteiger partial charge in [0, 0.05) is 24.9 Å². The van der Waals surface area contributed by atoms with E-state index in [1.807, 2.05) is 24.3 Å². The number of likely N-dealkylation sites (N-methyl/N-ethyl adjacent to an activating group) is 1. The number of hydrogen-bond acceptors (Lipinski definition) is 6. The average molecular weight is 423 g/mol. The predicted molar refractivity (Wildman–Crippen MR) is 114 cm³/mol. The molecule has 8 nitrogen and oxygen atoms in total. The van der Waals surface area contributed by atoms with Crippen molar-refractivity contribution in [1.29, 1.82) is 5.41 Å². The molecule has 0 fully saturated rings.